The molecule has 1 amide bonds. The maximum Gasteiger partial charge on any atom is 0.387 e. The third-order valence-corrected chi connectivity index (χ3v) is 4.07. The Kier molecular flexibility index (Phi) is 3.91. The molecule has 0 unspecified atom stereocenters. The fourth-order valence-corrected chi connectivity index (χ4v) is 3.12. The van der Waals surface area contributed by atoms with Crippen LogP contribution in [0.1, 0.15) is 9.67 Å². The highest BCUT2D eigenvalue weighted by Gasteiger charge is 2.19. The van der Waals surface area contributed by atoms with Crippen LogP contribution in [0, 0.1) is 0 Å². The molecular formula is C12H10ClF2NO2S. The lowest BCUT2D eigenvalue weighted by molar-refractivity contribution is -0.0497. The quantitative estimate of drug-likeness (QED) is 0.862. The average Bonchev–Trinajstić information content (AvgIpc) is 2.64. The van der Waals surface area contributed by atoms with E-state index in [0.29, 0.717) is 20.0 Å². The summed E-state index contributed by atoms with van der Waals surface area (Å²) in [6.07, 6.45) is 0. The summed E-state index contributed by atoms with van der Waals surface area (Å²) in [5.74, 6) is -0.174. The summed E-state index contributed by atoms with van der Waals surface area (Å²) in [5.41, 5.74) is 0. The first kappa shape index (κ1) is 14.0. The van der Waals surface area contributed by atoms with E-state index in [1.807, 2.05) is 0 Å². The van der Waals surface area contributed by atoms with E-state index < -0.39 is 6.61 Å². The van der Waals surface area contributed by atoms with E-state index in [9.17, 15) is 13.6 Å². The van der Waals surface area contributed by atoms with E-state index in [1.165, 1.54) is 17.0 Å². The maximum absolute atomic E-state index is 12.1. The molecule has 3 nitrogen and oxygen atoms in total. The minimum Gasteiger partial charge on any atom is -0.435 e. The van der Waals surface area contributed by atoms with Crippen LogP contribution >= 0.6 is 22.9 Å². The topological polar surface area (TPSA) is 29.5 Å². The predicted molar refractivity (Wildman–Crippen MR) is 71.5 cm³/mol. The fraction of sp³-hybridized carbons (Fsp3) is 0.250. The van der Waals surface area contributed by atoms with Crippen molar-refractivity contribution in [3.8, 4) is 5.75 Å². The number of hydrogen-bond acceptors (Lipinski definition) is 3. The van der Waals surface area contributed by atoms with Gasteiger partial charge in [0.15, 0.2) is 0 Å². The van der Waals surface area contributed by atoms with Crippen molar-refractivity contribution < 1.29 is 18.3 Å². The molecule has 2 rings (SSSR count). The second kappa shape index (κ2) is 5.30. The van der Waals surface area contributed by atoms with Crippen LogP contribution in [-0.2, 0) is 0 Å². The molecule has 0 bridgehead atoms. The van der Waals surface area contributed by atoms with Gasteiger partial charge in [0, 0.05) is 24.2 Å². The van der Waals surface area contributed by atoms with Gasteiger partial charge in [-0.1, -0.05) is 11.6 Å². The largest absolute Gasteiger partial charge is 0.435 e. The van der Waals surface area contributed by atoms with Gasteiger partial charge in [-0.15, -0.1) is 11.3 Å². The van der Waals surface area contributed by atoms with Crippen LogP contribution in [-0.4, -0.2) is 31.5 Å². The summed E-state index contributed by atoms with van der Waals surface area (Å²) in [4.78, 5) is 13.7. The number of thiophene rings is 1. The van der Waals surface area contributed by atoms with Gasteiger partial charge >= 0.3 is 6.61 Å². The zero-order chi connectivity index (χ0) is 14.2. The number of carbonyl (C=O) groups excluding carboxylic acids is 1. The number of nitrogens with zero attached hydrogens (tertiary/aromatic N) is 1. The van der Waals surface area contributed by atoms with Crippen molar-refractivity contribution in [2.75, 3.05) is 14.1 Å². The number of alkyl halides is 2. The zero-order valence-electron chi connectivity index (χ0n) is 10.1. The van der Waals surface area contributed by atoms with Crippen LogP contribution in [0.2, 0.25) is 5.02 Å². The van der Waals surface area contributed by atoms with Crippen molar-refractivity contribution in [1.82, 2.24) is 4.90 Å². The number of rotatable bonds is 3. The Morgan fingerprint density at radius 3 is 2.68 bits per heavy atom. The molecule has 0 N–H and O–H groups in total. The molecule has 2 aromatic rings. The zero-order valence-corrected chi connectivity index (χ0v) is 11.7. The number of hydrogen-bond donors (Lipinski definition) is 0. The smallest absolute Gasteiger partial charge is 0.387 e. The molecule has 0 aliphatic rings. The SMILES string of the molecule is CN(C)C(=O)c1sc2cc(OC(F)F)ccc2c1Cl. The highest BCUT2D eigenvalue weighted by atomic mass is 35.5. The van der Waals surface area contributed by atoms with Crippen molar-refractivity contribution >= 4 is 38.9 Å². The number of amides is 1. The van der Waals surface area contributed by atoms with Crippen LogP contribution in [0.4, 0.5) is 8.78 Å². The van der Waals surface area contributed by atoms with Crippen molar-refractivity contribution in [3.63, 3.8) is 0 Å². The second-order valence-corrected chi connectivity index (χ2v) is 5.41. The van der Waals surface area contributed by atoms with E-state index in [4.69, 9.17) is 11.6 Å². The summed E-state index contributed by atoms with van der Waals surface area (Å²) < 4.78 is 29.2. The fourth-order valence-electron chi connectivity index (χ4n) is 1.56. The molecule has 0 spiro atoms. The Labute approximate surface area is 117 Å². The van der Waals surface area contributed by atoms with Crippen molar-refractivity contribution in [3.05, 3.63) is 28.1 Å². The lowest BCUT2D eigenvalue weighted by Crippen LogP contribution is -2.20. The van der Waals surface area contributed by atoms with E-state index in [2.05, 4.69) is 4.74 Å². The number of fused-ring (bicyclic) bond motifs is 1. The molecule has 0 radical (unpaired) electrons. The molecule has 0 fully saturated rings. The molecule has 19 heavy (non-hydrogen) atoms. The van der Waals surface area contributed by atoms with Crippen molar-refractivity contribution in [1.29, 1.82) is 0 Å². The molecule has 1 heterocycles. The Hall–Kier alpha value is -1.40. The maximum atomic E-state index is 12.1. The highest BCUT2D eigenvalue weighted by molar-refractivity contribution is 7.21. The standard InChI is InChI=1S/C12H10ClF2NO2S/c1-16(2)11(17)10-9(13)7-4-3-6(18-12(14)15)5-8(7)19-10/h3-5,12H,1-2H3. The van der Waals surface area contributed by atoms with E-state index in [0.717, 1.165) is 11.3 Å². The average molecular weight is 306 g/mol. The van der Waals surface area contributed by atoms with Gasteiger partial charge in [0.2, 0.25) is 0 Å². The van der Waals surface area contributed by atoms with Gasteiger partial charge in [-0.2, -0.15) is 8.78 Å². The number of carbonyl (C=O) groups is 1. The van der Waals surface area contributed by atoms with Gasteiger partial charge in [0.05, 0.1) is 5.02 Å². The Morgan fingerprint density at radius 2 is 2.11 bits per heavy atom. The van der Waals surface area contributed by atoms with Crippen LogP contribution < -0.4 is 4.74 Å². The van der Waals surface area contributed by atoms with Gasteiger partial charge in [-0.3, -0.25) is 4.79 Å². The summed E-state index contributed by atoms with van der Waals surface area (Å²) in [7, 11) is 3.24. The molecular weight excluding hydrogens is 296 g/mol. The number of benzene rings is 1. The van der Waals surface area contributed by atoms with E-state index in [-0.39, 0.29) is 11.7 Å². The molecule has 0 aliphatic heterocycles. The molecule has 0 aliphatic carbocycles. The normalized spacial score (nSPS) is 11.1. The minimum atomic E-state index is -2.88. The lowest BCUT2D eigenvalue weighted by atomic mass is 10.2. The lowest BCUT2D eigenvalue weighted by Gasteiger charge is -2.07. The first-order chi connectivity index (χ1) is 8.90. The number of halogens is 3. The van der Waals surface area contributed by atoms with Crippen molar-refractivity contribution in [2.45, 2.75) is 6.61 Å². The third-order valence-electron chi connectivity index (χ3n) is 2.43. The first-order valence-corrected chi connectivity index (χ1v) is 6.48. The van der Waals surface area contributed by atoms with Gasteiger partial charge in [-0.25, -0.2) is 0 Å². The van der Waals surface area contributed by atoms with Gasteiger partial charge in [0.25, 0.3) is 5.91 Å². The van der Waals surface area contributed by atoms with E-state index in [1.54, 1.807) is 20.2 Å². The molecule has 0 atom stereocenters. The Balaban J connectivity index is 2.48. The molecule has 0 saturated carbocycles. The Morgan fingerprint density at radius 1 is 1.42 bits per heavy atom. The highest BCUT2D eigenvalue weighted by Crippen LogP contribution is 2.37. The van der Waals surface area contributed by atoms with Crippen LogP contribution in [0.15, 0.2) is 18.2 Å². The van der Waals surface area contributed by atoms with Gasteiger partial charge < -0.3 is 9.64 Å². The Bertz CT molecular complexity index is 627. The van der Waals surface area contributed by atoms with Crippen LogP contribution in [0.25, 0.3) is 10.1 Å². The monoisotopic (exact) mass is 305 g/mol. The summed E-state index contributed by atoms with van der Waals surface area (Å²) in [6, 6.07) is 4.42. The number of ether oxygens (including phenoxy) is 1. The molecule has 7 heteroatoms. The minimum absolute atomic E-state index is 0.0456. The molecule has 0 saturated heterocycles. The van der Waals surface area contributed by atoms with Crippen molar-refractivity contribution in [2.24, 2.45) is 0 Å². The second-order valence-electron chi connectivity index (χ2n) is 3.98. The van der Waals surface area contributed by atoms with E-state index >= 15 is 0 Å². The first-order valence-electron chi connectivity index (χ1n) is 5.28. The third kappa shape index (κ3) is 2.79. The van der Waals surface area contributed by atoms with Crippen LogP contribution in [0.5, 0.6) is 5.75 Å². The molecule has 1 aromatic heterocycles. The molecule has 1 aromatic carbocycles. The van der Waals surface area contributed by atoms with Crippen LogP contribution in [0.3, 0.4) is 0 Å². The summed E-state index contributed by atoms with van der Waals surface area (Å²) >= 11 is 7.28. The molecule has 102 valence electrons. The predicted octanol–water partition coefficient (Wildman–Crippen LogP) is 3.86. The van der Waals surface area contributed by atoms with Gasteiger partial charge in [0.1, 0.15) is 10.6 Å². The summed E-state index contributed by atoms with van der Waals surface area (Å²) in [5, 5.41) is 0.987. The summed E-state index contributed by atoms with van der Waals surface area (Å²) in [6.45, 7) is -2.88. The van der Waals surface area contributed by atoms with Gasteiger partial charge in [-0.05, 0) is 18.2 Å².